The van der Waals surface area contributed by atoms with Crippen molar-refractivity contribution in [2.24, 2.45) is 5.92 Å². The number of pyridine rings is 1. The summed E-state index contributed by atoms with van der Waals surface area (Å²) in [6, 6.07) is 3.37. The average Bonchev–Trinajstić information content (AvgIpc) is 3.14. The monoisotopic (exact) mass is 401 g/mol. The number of aromatic nitrogens is 1. The molecule has 2 heterocycles. The number of aryl methyl sites for hydroxylation is 1. The minimum Gasteiger partial charge on any atom is -0.454 e. The number of amides is 2. The van der Waals surface area contributed by atoms with Gasteiger partial charge in [0, 0.05) is 38.3 Å². The fourth-order valence-electron chi connectivity index (χ4n) is 3.18. The van der Waals surface area contributed by atoms with Crippen LogP contribution in [-0.4, -0.2) is 36.3 Å². The largest absolute Gasteiger partial charge is 0.454 e. The summed E-state index contributed by atoms with van der Waals surface area (Å²) in [4.78, 5) is 37.3. The van der Waals surface area contributed by atoms with E-state index in [1.807, 2.05) is 11.5 Å². The Bertz CT molecular complexity index is 980. The number of fused-ring (bicyclic) bond motifs is 2. The molecule has 0 spiro atoms. The van der Waals surface area contributed by atoms with Gasteiger partial charge in [0.2, 0.25) is 18.1 Å². The first-order valence-corrected chi connectivity index (χ1v) is 9.92. The second-order valence-electron chi connectivity index (χ2n) is 7.42. The van der Waals surface area contributed by atoms with Crippen LogP contribution in [0, 0.1) is 5.92 Å². The van der Waals surface area contributed by atoms with E-state index in [-0.39, 0.29) is 36.7 Å². The van der Waals surface area contributed by atoms with Gasteiger partial charge in [0.25, 0.3) is 5.91 Å². The summed E-state index contributed by atoms with van der Waals surface area (Å²) in [6.07, 6.45) is 2.62. The minimum atomic E-state index is -0.494. The Hall–Kier alpha value is -3.03. The van der Waals surface area contributed by atoms with Crippen molar-refractivity contribution in [1.82, 2.24) is 15.2 Å². The molecule has 2 N–H and O–H groups in total. The molecule has 29 heavy (non-hydrogen) atoms. The predicted molar refractivity (Wildman–Crippen MR) is 109 cm³/mol. The molecule has 0 atom stereocenters. The Kier molecular flexibility index (Phi) is 6.41. The van der Waals surface area contributed by atoms with Crippen molar-refractivity contribution in [3.63, 3.8) is 0 Å². The fraction of sp³-hybridized carbons (Fsp3) is 0.476. The van der Waals surface area contributed by atoms with Gasteiger partial charge < -0.3 is 24.7 Å². The molecule has 1 aromatic heterocycles. The van der Waals surface area contributed by atoms with Crippen LogP contribution >= 0.6 is 0 Å². The normalized spacial score (nSPS) is 12.4. The van der Waals surface area contributed by atoms with Crippen LogP contribution in [0.3, 0.4) is 0 Å². The topological polar surface area (TPSA) is 98.7 Å². The molecule has 2 aromatic rings. The van der Waals surface area contributed by atoms with Crippen LogP contribution in [0.5, 0.6) is 11.5 Å². The van der Waals surface area contributed by atoms with Gasteiger partial charge in [-0.15, -0.1) is 0 Å². The molecule has 8 heteroatoms. The number of ether oxygens (including phenoxy) is 2. The third kappa shape index (κ3) is 4.70. The van der Waals surface area contributed by atoms with Crippen molar-refractivity contribution >= 4 is 22.7 Å². The van der Waals surface area contributed by atoms with Crippen LogP contribution in [-0.2, 0) is 11.3 Å². The maximum absolute atomic E-state index is 12.9. The SMILES string of the molecule is CCn1cc(C(=O)NCCC(=O)NCCC(C)C)c(=O)c2cc3c(cc21)OCO3. The van der Waals surface area contributed by atoms with Gasteiger partial charge in [-0.05, 0) is 25.3 Å². The molecule has 8 nitrogen and oxygen atoms in total. The average molecular weight is 401 g/mol. The van der Waals surface area contributed by atoms with Crippen molar-refractivity contribution in [2.45, 2.75) is 40.2 Å². The molecular formula is C21H27N3O5. The summed E-state index contributed by atoms with van der Waals surface area (Å²) >= 11 is 0. The summed E-state index contributed by atoms with van der Waals surface area (Å²) in [5.41, 5.74) is 0.350. The zero-order valence-corrected chi connectivity index (χ0v) is 17.0. The van der Waals surface area contributed by atoms with Gasteiger partial charge in [0.05, 0.1) is 10.9 Å². The lowest BCUT2D eigenvalue weighted by molar-refractivity contribution is -0.120. The Morgan fingerprint density at radius 3 is 2.55 bits per heavy atom. The van der Waals surface area contributed by atoms with Crippen LogP contribution in [0.1, 0.15) is 44.0 Å². The van der Waals surface area contributed by atoms with E-state index in [4.69, 9.17) is 9.47 Å². The van der Waals surface area contributed by atoms with E-state index < -0.39 is 5.91 Å². The summed E-state index contributed by atoms with van der Waals surface area (Å²) < 4.78 is 12.6. The van der Waals surface area contributed by atoms with Crippen LogP contribution < -0.4 is 25.5 Å². The summed E-state index contributed by atoms with van der Waals surface area (Å²) in [7, 11) is 0. The number of hydrogen-bond acceptors (Lipinski definition) is 5. The van der Waals surface area contributed by atoms with E-state index in [1.165, 1.54) is 0 Å². The van der Waals surface area contributed by atoms with Gasteiger partial charge in [-0.25, -0.2) is 0 Å². The minimum absolute atomic E-state index is 0.0402. The molecule has 0 saturated carbocycles. The maximum atomic E-state index is 12.9. The molecular weight excluding hydrogens is 374 g/mol. The van der Waals surface area contributed by atoms with Gasteiger partial charge in [0.15, 0.2) is 11.5 Å². The van der Waals surface area contributed by atoms with Crippen molar-refractivity contribution in [1.29, 1.82) is 0 Å². The molecule has 3 rings (SSSR count). The second kappa shape index (κ2) is 8.98. The third-order valence-electron chi connectivity index (χ3n) is 4.84. The van der Waals surface area contributed by atoms with Gasteiger partial charge >= 0.3 is 0 Å². The molecule has 0 bridgehead atoms. The molecule has 1 aliphatic heterocycles. The molecule has 1 aromatic carbocycles. The lowest BCUT2D eigenvalue weighted by Crippen LogP contribution is -2.34. The number of carbonyl (C=O) groups excluding carboxylic acids is 2. The van der Waals surface area contributed by atoms with Gasteiger partial charge in [-0.3, -0.25) is 14.4 Å². The highest BCUT2D eigenvalue weighted by atomic mass is 16.7. The van der Waals surface area contributed by atoms with Crippen molar-refractivity contribution in [3.05, 3.63) is 34.1 Å². The number of rotatable bonds is 8. The Balaban J connectivity index is 1.71. The van der Waals surface area contributed by atoms with E-state index >= 15 is 0 Å². The number of nitrogens with zero attached hydrogens (tertiary/aromatic N) is 1. The Morgan fingerprint density at radius 1 is 1.14 bits per heavy atom. The van der Waals surface area contributed by atoms with E-state index in [0.717, 1.165) is 6.42 Å². The standard InChI is InChI=1S/C21H27N3O5/c1-4-24-11-15(21(27)23-8-6-19(25)22-7-5-13(2)3)20(26)14-9-17-18(10-16(14)24)29-12-28-17/h9-11,13H,4-8,12H2,1-3H3,(H,22,25)(H,23,27). The lowest BCUT2D eigenvalue weighted by Gasteiger charge is -2.12. The summed E-state index contributed by atoms with van der Waals surface area (Å²) in [5.74, 6) is 0.976. The van der Waals surface area contributed by atoms with Gasteiger partial charge in [-0.1, -0.05) is 13.8 Å². The van der Waals surface area contributed by atoms with E-state index in [1.54, 1.807) is 18.3 Å². The molecule has 0 unspecified atom stereocenters. The van der Waals surface area contributed by atoms with Crippen LogP contribution in [0.25, 0.3) is 10.9 Å². The lowest BCUT2D eigenvalue weighted by atomic mass is 10.1. The molecule has 0 aliphatic carbocycles. The maximum Gasteiger partial charge on any atom is 0.256 e. The number of benzene rings is 1. The first-order valence-electron chi connectivity index (χ1n) is 9.92. The number of hydrogen-bond donors (Lipinski definition) is 2. The fourth-order valence-corrected chi connectivity index (χ4v) is 3.18. The highest BCUT2D eigenvalue weighted by Gasteiger charge is 2.20. The van der Waals surface area contributed by atoms with Crippen molar-refractivity contribution in [3.8, 4) is 11.5 Å². The summed E-state index contributed by atoms with van der Waals surface area (Å²) in [5, 5.41) is 5.89. The zero-order valence-electron chi connectivity index (χ0n) is 17.0. The van der Waals surface area contributed by atoms with Gasteiger partial charge in [-0.2, -0.15) is 0 Å². The van der Waals surface area contributed by atoms with E-state index in [0.29, 0.717) is 41.4 Å². The second-order valence-corrected chi connectivity index (χ2v) is 7.42. The first-order chi connectivity index (χ1) is 13.9. The van der Waals surface area contributed by atoms with E-state index in [2.05, 4.69) is 24.5 Å². The highest BCUT2D eigenvalue weighted by molar-refractivity contribution is 5.98. The molecule has 0 radical (unpaired) electrons. The predicted octanol–water partition coefficient (Wildman–Crippen LogP) is 2.03. The number of nitrogens with one attached hydrogen (secondary N) is 2. The van der Waals surface area contributed by atoms with Crippen LogP contribution in [0.15, 0.2) is 23.1 Å². The molecule has 156 valence electrons. The zero-order chi connectivity index (χ0) is 21.0. The van der Waals surface area contributed by atoms with Crippen molar-refractivity contribution in [2.75, 3.05) is 19.9 Å². The molecule has 0 saturated heterocycles. The molecule has 2 amide bonds. The van der Waals surface area contributed by atoms with Gasteiger partial charge in [0.1, 0.15) is 5.56 Å². The highest BCUT2D eigenvalue weighted by Crippen LogP contribution is 2.35. The number of carbonyl (C=O) groups is 2. The third-order valence-corrected chi connectivity index (χ3v) is 4.84. The first kappa shape index (κ1) is 20.7. The van der Waals surface area contributed by atoms with Crippen LogP contribution in [0.2, 0.25) is 0 Å². The molecule has 0 fully saturated rings. The quantitative estimate of drug-likeness (QED) is 0.705. The van der Waals surface area contributed by atoms with Crippen molar-refractivity contribution < 1.29 is 19.1 Å². The Labute approximate surface area is 169 Å². The van der Waals surface area contributed by atoms with E-state index in [9.17, 15) is 14.4 Å². The van der Waals surface area contributed by atoms with Crippen LogP contribution in [0.4, 0.5) is 0 Å². The summed E-state index contributed by atoms with van der Waals surface area (Å²) in [6.45, 7) is 7.58. The molecule has 1 aliphatic rings. The Morgan fingerprint density at radius 2 is 1.86 bits per heavy atom. The smallest absolute Gasteiger partial charge is 0.256 e.